The first kappa shape index (κ1) is 18.7. The molecular weight excluding hydrogens is 364 g/mol. The first-order chi connectivity index (χ1) is 12.6. The van der Waals surface area contributed by atoms with Crippen LogP contribution in [0.3, 0.4) is 0 Å². The van der Waals surface area contributed by atoms with E-state index in [0.717, 1.165) is 27.3 Å². The third-order valence-corrected chi connectivity index (χ3v) is 5.88. The van der Waals surface area contributed by atoms with Crippen LogP contribution in [0.25, 0.3) is 5.69 Å². The molecule has 0 bridgehead atoms. The highest BCUT2D eigenvalue weighted by Crippen LogP contribution is 2.26. The van der Waals surface area contributed by atoms with E-state index in [1.807, 2.05) is 17.8 Å². The van der Waals surface area contributed by atoms with Gasteiger partial charge >= 0.3 is 0 Å². The van der Waals surface area contributed by atoms with E-state index in [0.29, 0.717) is 12.3 Å². The van der Waals surface area contributed by atoms with Gasteiger partial charge in [-0.2, -0.15) is 0 Å². The van der Waals surface area contributed by atoms with E-state index in [4.69, 9.17) is 0 Å². The Balaban J connectivity index is 1.67. The zero-order valence-electron chi connectivity index (χ0n) is 15.1. The summed E-state index contributed by atoms with van der Waals surface area (Å²) in [5, 5.41) is 6.41. The summed E-state index contributed by atoms with van der Waals surface area (Å²) in [5.41, 5.74) is 3.41. The zero-order chi connectivity index (χ0) is 18.5. The number of hydrogen-bond donors (Lipinski definition) is 1. The van der Waals surface area contributed by atoms with Gasteiger partial charge in [-0.1, -0.05) is 37.7 Å². The molecule has 1 N–H and O–H groups in total. The van der Waals surface area contributed by atoms with Crippen LogP contribution < -0.4 is 5.32 Å². The molecule has 0 aliphatic carbocycles. The van der Waals surface area contributed by atoms with Crippen molar-refractivity contribution < 1.29 is 4.79 Å². The topological polar surface area (TPSA) is 59.8 Å². The number of hydrogen-bond acceptors (Lipinski definition) is 5. The molecule has 3 aromatic rings. The molecule has 1 aromatic carbocycles. The number of nitrogens with zero attached hydrogens (tertiary/aromatic N) is 3. The number of rotatable bonds is 7. The molecule has 2 heterocycles. The smallest absolute Gasteiger partial charge is 0.226 e. The molecule has 136 valence electrons. The van der Waals surface area contributed by atoms with Crippen molar-refractivity contribution in [1.82, 2.24) is 19.9 Å². The lowest BCUT2D eigenvalue weighted by Gasteiger charge is -2.09. The summed E-state index contributed by atoms with van der Waals surface area (Å²) < 4.78 is 2.09. The van der Waals surface area contributed by atoms with Crippen LogP contribution in [0.4, 0.5) is 0 Å². The number of benzene rings is 1. The number of imidazole rings is 1. The van der Waals surface area contributed by atoms with Crippen molar-refractivity contribution in [2.45, 2.75) is 37.1 Å². The molecule has 0 radical (unpaired) electrons. The second-order valence-electron chi connectivity index (χ2n) is 6.20. The third-order valence-electron chi connectivity index (χ3n) is 3.98. The molecule has 7 heteroatoms. The molecule has 3 rings (SSSR count). The van der Waals surface area contributed by atoms with Crippen LogP contribution in [-0.2, 0) is 17.0 Å². The van der Waals surface area contributed by atoms with E-state index in [9.17, 15) is 4.79 Å². The van der Waals surface area contributed by atoms with E-state index in [1.54, 1.807) is 18.8 Å². The second-order valence-corrected chi connectivity index (χ2v) is 8.08. The normalized spacial score (nSPS) is 11.1. The number of likely N-dealkylation sites (N-methyl/N-ethyl adjacent to an activating group) is 1. The van der Waals surface area contributed by atoms with Crippen molar-refractivity contribution in [3.05, 3.63) is 58.3 Å². The van der Waals surface area contributed by atoms with Crippen LogP contribution in [0.15, 0.2) is 47.2 Å². The monoisotopic (exact) mass is 386 g/mol. The van der Waals surface area contributed by atoms with Crippen LogP contribution in [-0.4, -0.2) is 27.5 Å². The molecule has 0 saturated heterocycles. The van der Waals surface area contributed by atoms with Gasteiger partial charge in [-0.05, 0) is 23.6 Å². The highest BCUT2D eigenvalue weighted by atomic mass is 32.2. The Morgan fingerprint density at radius 1 is 1.31 bits per heavy atom. The van der Waals surface area contributed by atoms with Gasteiger partial charge in [0.25, 0.3) is 0 Å². The fourth-order valence-corrected chi connectivity index (χ4v) is 4.24. The highest BCUT2D eigenvalue weighted by Gasteiger charge is 2.10. The van der Waals surface area contributed by atoms with Crippen molar-refractivity contribution >= 4 is 29.0 Å². The molecule has 0 unspecified atom stereocenters. The van der Waals surface area contributed by atoms with Gasteiger partial charge in [0.2, 0.25) is 5.91 Å². The quantitative estimate of drug-likeness (QED) is 0.623. The lowest BCUT2D eigenvalue weighted by atomic mass is 10.0. The molecule has 0 aliphatic rings. The lowest BCUT2D eigenvalue weighted by molar-refractivity contribution is -0.119. The zero-order valence-corrected chi connectivity index (χ0v) is 16.7. The molecule has 0 aliphatic heterocycles. The molecule has 2 aromatic heterocycles. The Bertz CT molecular complexity index is 868. The molecule has 0 fully saturated rings. The molecule has 0 atom stereocenters. The first-order valence-electron chi connectivity index (χ1n) is 8.47. The Labute approximate surface area is 161 Å². The fourth-order valence-electron chi connectivity index (χ4n) is 2.47. The number of amides is 1. The van der Waals surface area contributed by atoms with E-state index in [-0.39, 0.29) is 5.91 Å². The summed E-state index contributed by atoms with van der Waals surface area (Å²) >= 11 is 3.17. The number of aromatic nitrogens is 3. The summed E-state index contributed by atoms with van der Waals surface area (Å²) in [7, 11) is 1.64. The average Bonchev–Trinajstić information content (AvgIpc) is 3.29. The largest absolute Gasteiger partial charge is 0.359 e. The van der Waals surface area contributed by atoms with Gasteiger partial charge in [0.1, 0.15) is 5.01 Å². The van der Waals surface area contributed by atoms with Crippen molar-refractivity contribution in [3.8, 4) is 5.69 Å². The third kappa shape index (κ3) is 4.53. The van der Waals surface area contributed by atoms with Gasteiger partial charge in [0, 0.05) is 36.3 Å². The summed E-state index contributed by atoms with van der Waals surface area (Å²) in [4.78, 5) is 20.4. The number of thiazole rings is 1. The molecule has 0 saturated carbocycles. The predicted molar refractivity (Wildman–Crippen MR) is 107 cm³/mol. The Morgan fingerprint density at radius 2 is 2.08 bits per heavy atom. The second kappa shape index (κ2) is 8.51. The van der Waals surface area contributed by atoms with Gasteiger partial charge in [-0.3, -0.25) is 9.36 Å². The number of nitrogens with one attached hydrogen (secondary N) is 1. The molecule has 26 heavy (non-hydrogen) atoms. The van der Waals surface area contributed by atoms with Crippen LogP contribution in [0.1, 0.15) is 36.0 Å². The van der Waals surface area contributed by atoms with Crippen LogP contribution in [0, 0.1) is 0 Å². The maximum atomic E-state index is 11.4. The first-order valence-corrected chi connectivity index (χ1v) is 10.3. The van der Waals surface area contributed by atoms with Crippen molar-refractivity contribution in [2.24, 2.45) is 0 Å². The van der Waals surface area contributed by atoms with Gasteiger partial charge in [0.15, 0.2) is 5.16 Å². The number of carbonyl (C=O) groups is 1. The SMILES string of the molecule is CNC(=O)Cc1nc(CSc2nccn2-c2ccc(C(C)C)cc2)cs1. The highest BCUT2D eigenvalue weighted by molar-refractivity contribution is 7.98. The fraction of sp³-hybridized carbons (Fsp3) is 0.316. The predicted octanol–water partition coefficient (Wildman–Crippen LogP) is 4.03. The molecule has 5 nitrogen and oxygen atoms in total. The summed E-state index contributed by atoms with van der Waals surface area (Å²) in [6, 6.07) is 8.59. The summed E-state index contributed by atoms with van der Waals surface area (Å²) in [5.74, 6) is 1.24. The average molecular weight is 387 g/mol. The molecule has 0 spiro atoms. The van der Waals surface area contributed by atoms with Crippen molar-refractivity contribution in [3.63, 3.8) is 0 Å². The van der Waals surface area contributed by atoms with Crippen LogP contribution in [0.5, 0.6) is 0 Å². The Hall–Kier alpha value is -2.12. The van der Waals surface area contributed by atoms with Gasteiger partial charge in [-0.15, -0.1) is 11.3 Å². The Kier molecular flexibility index (Phi) is 6.11. The minimum absolute atomic E-state index is 0.0149. The Morgan fingerprint density at radius 3 is 2.77 bits per heavy atom. The van der Waals surface area contributed by atoms with E-state index in [2.05, 4.69) is 58.0 Å². The maximum absolute atomic E-state index is 11.4. The minimum atomic E-state index is -0.0149. The van der Waals surface area contributed by atoms with Crippen LogP contribution >= 0.6 is 23.1 Å². The summed E-state index contributed by atoms with van der Waals surface area (Å²) in [6.07, 6.45) is 4.13. The van der Waals surface area contributed by atoms with Gasteiger partial charge in [0.05, 0.1) is 12.1 Å². The molecular formula is C19H22N4OS2. The van der Waals surface area contributed by atoms with Gasteiger partial charge < -0.3 is 5.32 Å². The van der Waals surface area contributed by atoms with Gasteiger partial charge in [-0.25, -0.2) is 9.97 Å². The standard InChI is InChI=1S/C19H22N4OS2/c1-13(2)14-4-6-16(7-5-14)23-9-8-21-19(23)26-12-15-11-25-18(22-15)10-17(24)20-3/h4-9,11,13H,10,12H2,1-3H3,(H,20,24). The van der Waals surface area contributed by atoms with E-state index < -0.39 is 0 Å². The van der Waals surface area contributed by atoms with Crippen molar-refractivity contribution in [1.29, 1.82) is 0 Å². The van der Waals surface area contributed by atoms with Crippen molar-refractivity contribution in [2.75, 3.05) is 7.05 Å². The van der Waals surface area contributed by atoms with E-state index in [1.165, 1.54) is 16.9 Å². The maximum Gasteiger partial charge on any atom is 0.226 e. The van der Waals surface area contributed by atoms with Crippen LogP contribution in [0.2, 0.25) is 0 Å². The lowest BCUT2D eigenvalue weighted by Crippen LogP contribution is -2.19. The minimum Gasteiger partial charge on any atom is -0.359 e. The molecule has 1 amide bonds. The number of thioether (sulfide) groups is 1. The number of carbonyl (C=O) groups excluding carboxylic acids is 1. The summed E-state index contributed by atoms with van der Waals surface area (Å²) in [6.45, 7) is 4.39. The van der Waals surface area contributed by atoms with E-state index >= 15 is 0 Å².